The van der Waals surface area contributed by atoms with E-state index in [0.717, 1.165) is 11.1 Å². The summed E-state index contributed by atoms with van der Waals surface area (Å²) >= 11 is 1.68. The highest BCUT2D eigenvalue weighted by Gasteiger charge is 2.45. The Morgan fingerprint density at radius 2 is 1.97 bits per heavy atom. The molecule has 1 aromatic heterocycles. The number of para-hydroxylation sites is 1. The number of thiophene rings is 1. The van der Waals surface area contributed by atoms with Crippen LogP contribution in [0.25, 0.3) is 10.4 Å². The van der Waals surface area contributed by atoms with Gasteiger partial charge in [0.2, 0.25) is 5.91 Å². The molecule has 4 rings (SSSR count). The SMILES string of the molecule is CCOc1ccccc1C(=O)N1CC[C@@](Cc2cccc(-c3cccs3)c2)(C(N)=O)C1. The van der Waals surface area contributed by atoms with E-state index in [9.17, 15) is 9.59 Å². The maximum atomic E-state index is 13.2. The Morgan fingerprint density at radius 3 is 2.71 bits per heavy atom. The zero-order chi connectivity index (χ0) is 21.8. The van der Waals surface area contributed by atoms with Gasteiger partial charge in [0.05, 0.1) is 17.6 Å². The average Bonchev–Trinajstić information content (AvgIpc) is 3.45. The predicted molar refractivity (Wildman–Crippen MR) is 123 cm³/mol. The lowest BCUT2D eigenvalue weighted by atomic mass is 9.80. The van der Waals surface area contributed by atoms with Gasteiger partial charge < -0.3 is 15.4 Å². The lowest BCUT2D eigenvalue weighted by Gasteiger charge is -2.26. The van der Waals surface area contributed by atoms with E-state index in [1.165, 1.54) is 4.88 Å². The molecule has 0 radical (unpaired) electrons. The Hall–Kier alpha value is -3.12. The Balaban J connectivity index is 1.56. The number of hydrogen-bond donors (Lipinski definition) is 1. The van der Waals surface area contributed by atoms with Crippen LogP contribution in [-0.2, 0) is 11.2 Å². The van der Waals surface area contributed by atoms with E-state index >= 15 is 0 Å². The molecule has 2 aromatic carbocycles. The third-order valence-electron chi connectivity index (χ3n) is 5.86. The van der Waals surface area contributed by atoms with Crippen molar-refractivity contribution in [2.75, 3.05) is 19.7 Å². The van der Waals surface area contributed by atoms with Crippen molar-refractivity contribution in [3.8, 4) is 16.2 Å². The van der Waals surface area contributed by atoms with Crippen molar-refractivity contribution in [2.45, 2.75) is 19.8 Å². The fourth-order valence-electron chi connectivity index (χ4n) is 4.24. The Labute approximate surface area is 186 Å². The van der Waals surface area contributed by atoms with Gasteiger partial charge in [0.1, 0.15) is 5.75 Å². The van der Waals surface area contributed by atoms with Gasteiger partial charge in [-0.25, -0.2) is 0 Å². The standard InChI is InChI=1S/C25H26N2O3S/c1-2-30-21-10-4-3-9-20(21)23(28)27-13-12-25(17-27,24(26)29)16-18-7-5-8-19(15-18)22-11-6-14-31-22/h3-11,14-15H,2,12-13,16-17H2,1H3,(H2,26,29)/t25-/m0/s1. The van der Waals surface area contributed by atoms with E-state index in [2.05, 4.69) is 18.2 Å². The minimum absolute atomic E-state index is 0.125. The highest BCUT2D eigenvalue weighted by atomic mass is 32.1. The maximum Gasteiger partial charge on any atom is 0.257 e. The van der Waals surface area contributed by atoms with Crippen molar-refractivity contribution in [1.29, 1.82) is 0 Å². The van der Waals surface area contributed by atoms with Gasteiger partial charge in [-0.3, -0.25) is 9.59 Å². The molecule has 0 unspecified atom stereocenters. The van der Waals surface area contributed by atoms with Crippen LogP contribution >= 0.6 is 11.3 Å². The largest absolute Gasteiger partial charge is 0.493 e. The number of rotatable bonds is 7. The van der Waals surface area contributed by atoms with Crippen LogP contribution in [0.2, 0.25) is 0 Å². The third-order valence-corrected chi connectivity index (χ3v) is 6.78. The van der Waals surface area contributed by atoms with E-state index in [1.807, 2.05) is 42.6 Å². The van der Waals surface area contributed by atoms with Gasteiger partial charge in [0.25, 0.3) is 5.91 Å². The van der Waals surface area contributed by atoms with Crippen molar-refractivity contribution in [2.24, 2.45) is 11.1 Å². The molecule has 1 aliphatic heterocycles. The van der Waals surface area contributed by atoms with Gasteiger partial charge in [0.15, 0.2) is 0 Å². The molecule has 1 atom stereocenters. The molecule has 31 heavy (non-hydrogen) atoms. The van der Waals surface area contributed by atoms with Gasteiger partial charge in [-0.05, 0) is 54.5 Å². The molecular weight excluding hydrogens is 408 g/mol. The third kappa shape index (κ3) is 4.35. The summed E-state index contributed by atoms with van der Waals surface area (Å²) < 4.78 is 5.62. The Kier molecular flexibility index (Phi) is 6.09. The zero-order valence-corrected chi connectivity index (χ0v) is 18.4. The van der Waals surface area contributed by atoms with Crippen LogP contribution in [0.15, 0.2) is 66.0 Å². The number of ether oxygens (including phenoxy) is 1. The molecule has 0 spiro atoms. The van der Waals surface area contributed by atoms with E-state index in [0.29, 0.717) is 43.9 Å². The first kappa shape index (κ1) is 21.1. The molecule has 160 valence electrons. The molecule has 0 aliphatic carbocycles. The molecule has 1 saturated heterocycles. The van der Waals surface area contributed by atoms with Gasteiger partial charge in [-0.2, -0.15) is 0 Å². The first-order valence-corrected chi connectivity index (χ1v) is 11.3. The minimum atomic E-state index is -0.774. The second kappa shape index (κ2) is 8.94. The molecule has 2 amide bonds. The van der Waals surface area contributed by atoms with Crippen LogP contribution in [0, 0.1) is 5.41 Å². The quantitative estimate of drug-likeness (QED) is 0.600. The lowest BCUT2D eigenvalue weighted by molar-refractivity contribution is -0.126. The smallest absolute Gasteiger partial charge is 0.257 e. The number of likely N-dealkylation sites (tertiary alicyclic amines) is 1. The molecule has 0 saturated carbocycles. The van der Waals surface area contributed by atoms with E-state index in [1.54, 1.807) is 28.4 Å². The van der Waals surface area contributed by atoms with Gasteiger partial charge >= 0.3 is 0 Å². The normalized spacial score (nSPS) is 18.2. The minimum Gasteiger partial charge on any atom is -0.493 e. The second-order valence-corrected chi connectivity index (χ2v) is 8.85. The first-order chi connectivity index (χ1) is 15.0. The number of nitrogens with zero attached hydrogens (tertiary/aromatic N) is 1. The van der Waals surface area contributed by atoms with Crippen molar-refractivity contribution < 1.29 is 14.3 Å². The number of carbonyl (C=O) groups excluding carboxylic acids is 2. The van der Waals surface area contributed by atoms with Crippen LogP contribution in [-0.4, -0.2) is 36.4 Å². The average molecular weight is 435 g/mol. The molecule has 5 nitrogen and oxygen atoms in total. The number of primary amides is 1. The first-order valence-electron chi connectivity index (χ1n) is 10.5. The molecule has 0 bridgehead atoms. The summed E-state index contributed by atoms with van der Waals surface area (Å²) in [5, 5.41) is 2.05. The maximum absolute atomic E-state index is 13.2. The highest BCUT2D eigenvalue weighted by molar-refractivity contribution is 7.13. The number of carbonyl (C=O) groups is 2. The summed E-state index contributed by atoms with van der Waals surface area (Å²) in [4.78, 5) is 28.7. The van der Waals surface area contributed by atoms with Crippen LogP contribution in [0.5, 0.6) is 5.75 Å². The Bertz CT molecular complexity index is 1080. The summed E-state index contributed by atoms with van der Waals surface area (Å²) in [6.07, 6.45) is 1.06. The van der Waals surface area contributed by atoms with E-state index in [4.69, 9.17) is 10.5 Å². The summed E-state index contributed by atoms with van der Waals surface area (Å²) in [5.74, 6) is 0.0807. The highest BCUT2D eigenvalue weighted by Crippen LogP contribution is 2.36. The van der Waals surface area contributed by atoms with E-state index in [-0.39, 0.29) is 11.8 Å². The van der Waals surface area contributed by atoms with Crippen LogP contribution < -0.4 is 10.5 Å². The van der Waals surface area contributed by atoms with E-state index < -0.39 is 5.41 Å². The second-order valence-electron chi connectivity index (χ2n) is 7.90. The molecular formula is C25H26N2O3S. The van der Waals surface area contributed by atoms with Gasteiger partial charge in [-0.1, -0.05) is 42.5 Å². The van der Waals surface area contributed by atoms with Crippen LogP contribution in [0.1, 0.15) is 29.3 Å². The van der Waals surface area contributed by atoms with Crippen molar-refractivity contribution in [3.63, 3.8) is 0 Å². The summed E-state index contributed by atoms with van der Waals surface area (Å²) in [5.41, 5.74) is 7.81. The predicted octanol–water partition coefficient (Wildman–Crippen LogP) is 4.37. The van der Waals surface area contributed by atoms with Crippen molar-refractivity contribution in [1.82, 2.24) is 4.90 Å². The molecule has 1 aliphatic rings. The number of nitrogens with two attached hydrogens (primary N) is 1. The van der Waals surface area contributed by atoms with Crippen LogP contribution in [0.4, 0.5) is 0 Å². The molecule has 6 heteroatoms. The lowest BCUT2D eigenvalue weighted by Crippen LogP contribution is -2.42. The van der Waals surface area contributed by atoms with Crippen LogP contribution in [0.3, 0.4) is 0 Å². The topological polar surface area (TPSA) is 72.6 Å². The zero-order valence-electron chi connectivity index (χ0n) is 17.5. The van der Waals surface area contributed by atoms with Crippen molar-refractivity contribution in [3.05, 3.63) is 77.2 Å². The molecule has 1 fully saturated rings. The molecule has 2 heterocycles. The van der Waals surface area contributed by atoms with Gasteiger partial charge in [0, 0.05) is 18.0 Å². The molecule has 3 aromatic rings. The number of hydrogen-bond acceptors (Lipinski definition) is 4. The summed E-state index contributed by atoms with van der Waals surface area (Å²) in [6, 6.07) is 19.6. The summed E-state index contributed by atoms with van der Waals surface area (Å²) in [7, 11) is 0. The Morgan fingerprint density at radius 1 is 1.13 bits per heavy atom. The monoisotopic (exact) mass is 434 g/mol. The van der Waals surface area contributed by atoms with Gasteiger partial charge in [-0.15, -0.1) is 11.3 Å². The fourth-order valence-corrected chi connectivity index (χ4v) is 4.97. The molecule has 2 N–H and O–H groups in total. The summed E-state index contributed by atoms with van der Waals surface area (Å²) in [6.45, 7) is 3.17. The fraction of sp³-hybridized carbons (Fsp3) is 0.280. The number of amides is 2. The van der Waals surface area contributed by atoms with Crippen molar-refractivity contribution >= 4 is 23.2 Å². The number of benzene rings is 2.